The van der Waals surface area contributed by atoms with Crippen LogP contribution in [-0.4, -0.2) is 32.1 Å². The third-order valence-electron chi connectivity index (χ3n) is 6.18. The molecule has 9 heteroatoms. The van der Waals surface area contributed by atoms with E-state index in [0.29, 0.717) is 29.3 Å². The Hall–Kier alpha value is -3.46. The van der Waals surface area contributed by atoms with Crippen molar-refractivity contribution in [2.45, 2.75) is 44.8 Å². The van der Waals surface area contributed by atoms with Gasteiger partial charge in [0.05, 0.1) is 11.8 Å². The number of anilines is 1. The molecule has 0 saturated carbocycles. The topological polar surface area (TPSA) is 67.7 Å². The molecule has 2 N–H and O–H groups in total. The maximum atomic E-state index is 14.7. The zero-order valence-corrected chi connectivity index (χ0v) is 18.6. The monoisotopic (exact) mass is 466 g/mol. The Kier molecular flexibility index (Phi) is 6.44. The Bertz CT molecular complexity index is 1280. The van der Waals surface area contributed by atoms with E-state index in [1.165, 1.54) is 30.5 Å². The quantitative estimate of drug-likeness (QED) is 0.399. The van der Waals surface area contributed by atoms with Gasteiger partial charge in [-0.15, -0.1) is 0 Å². The third kappa shape index (κ3) is 4.61. The van der Waals surface area contributed by atoms with Crippen LogP contribution in [0, 0.1) is 17.5 Å². The molecule has 0 spiro atoms. The number of nitrogens with one attached hydrogen (secondary N) is 2. The molecule has 0 aliphatic carbocycles. The maximum Gasteiger partial charge on any atom is 0.225 e. The smallest absolute Gasteiger partial charge is 0.225 e. The van der Waals surface area contributed by atoms with Crippen molar-refractivity contribution in [1.82, 2.24) is 24.8 Å². The van der Waals surface area contributed by atoms with Crippen LogP contribution in [0.25, 0.3) is 22.6 Å². The maximum absolute atomic E-state index is 14.7. The summed E-state index contributed by atoms with van der Waals surface area (Å²) >= 11 is 0. The summed E-state index contributed by atoms with van der Waals surface area (Å²) in [5.41, 5.74) is 1.21. The van der Waals surface area contributed by atoms with E-state index in [9.17, 15) is 13.2 Å². The van der Waals surface area contributed by atoms with E-state index in [1.807, 2.05) is 0 Å². The largest absolute Gasteiger partial charge is 0.350 e. The molecule has 1 aliphatic heterocycles. The Morgan fingerprint density at radius 3 is 2.53 bits per heavy atom. The Morgan fingerprint density at radius 2 is 1.76 bits per heavy atom. The van der Waals surface area contributed by atoms with E-state index >= 15 is 0 Å². The van der Waals surface area contributed by atoms with Gasteiger partial charge in [-0.05, 0) is 44.0 Å². The zero-order valence-electron chi connectivity index (χ0n) is 18.6. The summed E-state index contributed by atoms with van der Waals surface area (Å²) in [6.07, 6.45) is 5.66. The molecule has 1 atom stereocenters. The minimum atomic E-state index is -0.682. The van der Waals surface area contributed by atoms with Crippen LogP contribution in [-0.2, 0) is 13.1 Å². The fourth-order valence-electron chi connectivity index (χ4n) is 4.39. The molecule has 1 saturated heterocycles. The second-order valence-electron chi connectivity index (χ2n) is 8.47. The number of imidazole rings is 1. The molecule has 3 heterocycles. The van der Waals surface area contributed by atoms with Crippen LogP contribution in [0.1, 0.15) is 31.2 Å². The molecule has 34 heavy (non-hydrogen) atoms. The second-order valence-corrected chi connectivity index (χ2v) is 8.47. The van der Waals surface area contributed by atoms with Crippen molar-refractivity contribution in [2.24, 2.45) is 0 Å². The first-order valence-corrected chi connectivity index (χ1v) is 11.5. The highest BCUT2D eigenvalue weighted by atomic mass is 19.1. The SMILES string of the molecule is Fc1ccccc1CNc1ncc2nc(-c3c(F)cccc3F)n(CCC3CCCCN3)c2n1. The lowest BCUT2D eigenvalue weighted by Gasteiger charge is -2.24. The number of piperidine rings is 1. The fraction of sp³-hybridized carbons (Fsp3) is 0.320. The van der Waals surface area contributed by atoms with Crippen molar-refractivity contribution >= 4 is 17.1 Å². The number of fused-ring (bicyclic) bond motifs is 1. The van der Waals surface area contributed by atoms with E-state index < -0.39 is 11.6 Å². The Labute approximate surface area is 195 Å². The summed E-state index contributed by atoms with van der Waals surface area (Å²) in [6, 6.07) is 10.6. The number of hydrogen-bond donors (Lipinski definition) is 2. The molecule has 4 aromatic rings. The van der Waals surface area contributed by atoms with Crippen LogP contribution in [0.3, 0.4) is 0 Å². The first-order valence-electron chi connectivity index (χ1n) is 11.5. The molecule has 0 bridgehead atoms. The summed E-state index contributed by atoms with van der Waals surface area (Å²) in [5, 5.41) is 6.54. The summed E-state index contributed by atoms with van der Waals surface area (Å²) in [4.78, 5) is 13.3. The van der Waals surface area contributed by atoms with Crippen molar-refractivity contribution in [3.8, 4) is 11.4 Å². The molecule has 6 nitrogen and oxygen atoms in total. The number of hydrogen-bond acceptors (Lipinski definition) is 5. The molecular formula is C25H25F3N6. The standard InChI is InChI=1S/C25H25F3N6/c26-18-8-2-1-6-16(18)14-30-25-31-15-21-23(33-25)34(13-11-17-7-3-4-12-29-17)24(32-21)22-19(27)9-5-10-20(22)28/h1-2,5-6,8-10,15,17,29H,3-4,7,11-14H2,(H,30,31,33). The van der Waals surface area contributed by atoms with Gasteiger partial charge in [0.2, 0.25) is 5.95 Å². The lowest BCUT2D eigenvalue weighted by atomic mass is 10.0. The normalized spacial score (nSPS) is 16.1. The van der Waals surface area contributed by atoms with Gasteiger partial charge in [0, 0.05) is 24.7 Å². The number of halogens is 3. The highest BCUT2D eigenvalue weighted by Crippen LogP contribution is 2.29. The molecule has 0 radical (unpaired) electrons. The van der Waals surface area contributed by atoms with Crippen LogP contribution in [0.2, 0.25) is 0 Å². The third-order valence-corrected chi connectivity index (χ3v) is 6.18. The molecule has 1 aliphatic rings. The van der Waals surface area contributed by atoms with Crippen molar-refractivity contribution in [2.75, 3.05) is 11.9 Å². The van der Waals surface area contributed by atoms with Crippen molar-refractivity contribution in [3.63, 3.8) is 0 Å². The van der Waals surface area contributed by atoms with Crippen LogP contribution in [0.15, 0.2) is 48.7 Å². The average Bonchev–Trinajstić information content (AvgIpc) is 3.20. The first-order chi connectivity index (χ1) is 16.6. The summed E-state index contributed by atoms with van der Waals surface area (Å²) in [5.74, 6) is -1.22. The predicted molar refractivity (Wildman–Crippen MR) is 125 cm³/mol. The van der Waals surface area contributed by atoms with Crippen molar-refractivity contribution in [3.05, 3.63) is 71.7 Å². The highest BCUT2D eigenvalue weighted by Gasteiger charge is 2.22. The van der Waals surface area contributed by atoms with E-state index in [1.54, 1.807) is 22.8 Å². The van der Waals surface area contributed by atoms with Crippen LogP contribution >= 0.6 is 0 Å². The van der Waals surface area contributed by atoms with E-state index in [2.05, 4.69) is 25.6 Å². The van der Waals surface area contributed by atoms with Gasteiger partial charge in [-0.25, -0.2) is 23.1 Å². The van der Waals surface area contributed by atoms with E-state index in [4.69, 9.17) is 0 Å². The summed E-state index contributed by atoms with van der Waals surface area (Å²) in [7, 11) is 0. The number of aromatic nitrogens is 4. The van der Waals surface area contributed by atoms with Crippen molar-refractivity contribution in [1.29, 1.82) is 0 Å². The van der Waals surface area contributed by atoms with Gasteiger partial charge in [-0.1, -0.05) is 30.7 Å². The van der Waals surface area contributed by atoms with Gasteiger partial charge in [0.15, 0.2) is 5.65 Å². The van der Waals surface area contributed by atoms with Gasteiger partial charge in [0.1, 0.15) is 28.8 Å². The van der Waals surface area contributed by atoms with Gasteiger partial charge in [-0.2, -0.15) is 4.98 Å². The number of benzene rings is 2. The molecule has 1 fully saturated rings. The van der Waals surface area contributed by atoms with Crippen LogP contribution in [0.4, 0.5) is 19.1 Å². The highest BCUT2D eigenvalue weighted by molar-refractivity contribution is 5.77. The fourth-order valence-corrected chi connectivity index (χ4v) is 4.39. The molecule has 1 unspecified atom stereocenters. The average molecular weight is 467 g/mol. The van der Waals surface area contributed by atoms with E-state index in [0.717, 1.165) is 32.2 Å². The van der Waals surface area contributed by atoms with Gasteiger partial charge in [0.25, 0.3) is 0 Å². The molecule has 2 aromatic carbocycles. The molecule has 176 valence electrons. The molecular weight excluding hydrogens is 441 g/mol. The zero-order chi connectivity index (χ0) is 23.5. The van der Waals surface area contributed by atoms with Gasteiger partial charge < -0.3 is 15.2 Å². The molecule has 2 aromatic heterocycles. The molecule has 0 amide bonds. The van der Waals surface area contributed by atoms with E-state index in [-0.39, 0.29) is 29.7 Å². The minimum absolute atomic E-state index is 0.182. The summed E-state index contributed by atoms with van der Waals surface area (Å²) in [6.45, 7) is 1.66. The number of aryl methyl sites for hydroxylation is 1. The van der Waals surface area contributed by atoms with Crippen LogP contribution < -0.4 is 10.6 Å². The first kappa shape index (κ1) is 22.3. The second kappa shape index (κ2) is 9.80. The van der Waals surface area contributed by atoms with Crippen molar-refractivity contribution < 1.29 is 13.2 Å². The summed E-state index contributed by atoms with van der Waals surface area (Å²) < 4.78 is 45.1. The van der Waals surface area contributed by atoms with Gasteiger partial charge in [-0.3, -0.25) is 0 Å². The number of rotatable bonds is 7. The Balaban J connectivity index is 1.50. The lowest BCUT2D eigenvalue weighted by Crippen LogP contribution is -2.34. The number of nitrogens with zero attached hydrogens (tertiary/aromatic N) is 4. The lowest BCUT2D eigenvalue weighted by molar-refractivity contribution is 0.368. The molecule has 5 rings (SSSR count). The van der Waals surface area contributed by atoms with Gasteiger partial charge >= 0.3 is 0 Å². The van der Waals surface area contributed by atoms with Crippen LogP contribution in [0.5, 0.6) is 0 Å². The minimum Gasteiger partial charge on any atom is -0.350 e. The Morgan fingerprint density at radius 1 is 0.971 bits per heavy atom. The predicted octanol–water partition coefficient (Wildman–Crippen LogP) is 5.05.